The van der Waals surface area contributed by atoms with Crippen molar-refractivity contribution in [2.24, 2.45) is 0 Å². The third-order valence-electron chi connectivity index (χ3n) is 3.32. The molecule has 1 unspecified atom stereocenters. The molecule has 0 saturated heterocycles. The molecule has 1 atom stereocenters. The number of halogens is 3. The topological polar surface area (TPSA) is 0 Å². The van der Waals surface area contributed by atoms with Gasteiger partial charge in [-0.15, -0.1) is 11.6 Å². The molecule has 20 heavy (non-hydrogen) atoms. The first-order valence-electron chi connectivity index (χ1n) is 6.23. The number of fused-ring (bicyclic) bond motifs is 1. The maximum absolute atomic E-state index is 13.8. The number of rotatable bonds is 2. The van der Waals surface area contributed by atoms with Gasteiger partial charge >= 0.3 is 0 Å². The Morgan fingerprint density at radius 1 is 0.900 bits per heavy atom. The van der Waals surface area contributed by atoms with Crippen LogP contribution in [0.4, 0.5) is 4.39 Å². The average molecular weight is 350 g/mol. The predicted molar refractivity (Wildman–Crippen MR) is 85.7 cm³/mol. The quantitative estimate of drug-likeness (QED) is 0.493. The normalized spacial score (nSPS) is 12.6. The van der Waals surface area contributed by atoms with Crippen LogP contribution in [0.2, 0.25) is 0 Å². The zero-order valence-corrected chi connectivity index (χ0v) is 12.8. The van der Waals surface area contributed by atoms with E-state index in [0.29, 0.717) is 5.39 Å². The van der Waals surface area contributed by atoms with Gasteiger partial charge in [-0.3, -0.25) is 0 Å². The summed E-state index contributed by atoms with van der Waals surface area (Å²) in [7, 11) is 0. The second-order valence-corrected chi connectivity index (χ2v) is 5.95. The number of hydrogen-bond donors (Lipinski definition) is 0. The third-order valence-corrected chi connectivity index (χ3v) is 4.30. The molecule has 3 aromatic carbocycles. The average Bonchev–Trinajstić information content (AvgIpc) is 2.47. The van der Waals surface area contributed by atoms with E-state index in [0.717, 1.165) is 21.0 Å². The van der Waals surface area contributed by atoms with Gasteiger partial charge in [0.2, 0.25) is 0 Å². The van der Waals surface area contributed by atoms with Gasteiger partial charge in [0.1, 0.15) is 5.82 Å². The Kier molecular flexibility index (Phi) is 3.77. The van der Waals surface area contributed by atoms with Crippen LogP contribution < -0.4 is 0 Å². The van der Waals surface area contributed by atoms with Gasteiger partial charge in [0.15, 0.2) is 0 Å². The summed E-state index contributed by atoms with van der Waals surface area (Å²) in [6.45, 7) is 0. The van der Waals surface area contributed by atoms with Crippen molar-refractivity contribution in [3.8, 4) is 0 Å². The highest BCUT2D eigenvalue weighted by molar-refractivity contribution is 9.10. The van der Waals surface area contributed by atoms with E-state index in [1.807, 2.05) is 42.5 Å². The summed E-state index contributed by atoms with van der Waals surface area (Å²) in [4.78, 5) is 0. The highest BCUT2D eigenvalue weighted by Crippen LogP contribution is 2.35. The van der Waals surface area contributed by atoms with Crippen LogP contribution >= 0.6 is 27.5 Å². The van der Waals surface area contributed by atoms with Crippen molar-refractivity contribution in [3.05, 3.63) is 82.1 Å². The summed E-state index contributed by atoms with van der Waals surface area (Å²) in [6, 6.07) is 18.5. The molecule has 3 rings (SSSR count). The molecule has 0 amide bonds. The Bertz CT molecular complexity index is 770. The molecule has 0 bridgehead atoms. The van der Waals surface area contributed by atoms with Crippen molar-refractivity contribution in [2.75, 3.05) is 0 Å². The van der Waals surface area contributed by atoms with E-state index in [1.165, 1.54) is 6.07 Å². The number of benzene rings is 3. The molecule has 100 valence electrons. The molecule has 0 spiro atoms. The molecular weight excluding hydrogens is 339 g/mol. The van der Waals surface area contributed by atoms with E-state index >= 15 is 0 Å². The first kappa shape index (κ1) is 13.6. The molecule has 0 aromatic heterocycles. The molecule has 3 heteroatoms. The van der Waals surface area contributed by atoms with E-state index in [1.54, 1.807) is 12.1 Å². The van der Waals surface area contributed by atoms with Crippen molar-refractivity contribution < 1.29 is 4.39 Å². The van der Waals surface area contributed by atoms with E-state index in [4.69, 9.17) is 11.6 Å². The van der Waals surface area contributed by atoms with Gasteiger partial charge in [-0.2, -0.15) is 0 Å². The van der Waals surface area contributed by atoms with Crippen LogP contribution in [0.1, 0.15) is 16.5 Å². The molecule has 3 aromatic rings. The Hall–Kier alpha value is -1.38. The molecule has 0 radical (unpaired) electrons. The summed E-state index contributed by atoms with van der Waals surface area (Å²) in [5, 5.41) is 1.15. The van der Waals surface area contributed by atoms with Crippen molar-refractivity contribution in [2.45, 2.75) is 5.38 Å². The van der Waals surface area contributed by atoms with Crippen molar-refractivity contribution in [3.63, 3.8) is 0 Å². The van der Waals surface area contributed by atoms with E-state index in [2.05, 4.69) is 15.9 Å². The molecule has 0 aliphatic rings. The van der Waals surface area contributed by atoms with Crippen LogP contribution in [0.15, 0.2) is 65.1 Å². The van der Waals surface area contributed by atoms with E-state index in [9.17, 15) is 4.39 Å². The first-order chi connectivity index (χ1) is 9.66. The largest absolute Gasteiger partial charge is 0.206 e. The second kappa shape index (κ2) is 5.55. The molecule has 0 aliphatic carbocycles. The van der Waals surface area contributed by atoms with Gasteiger partial charge in [-0.05, 0) is 34.7 Å². The molecule has 0 heterocycles. The Labute approximate surface area is 130 Å². The minimum Gasteiger partial charge on any atom is -0.206 e. The summed E-state index contributed by atoms with van der Waals surface area (Å²) in [6.07, 6.45) is 0. The van der Waals surface area contributed by atoms with Crippen LogP contribution in [0.25, 0.3) is 10.8 Å². The molecule has 0 aliphatic heterocycles. The lowest BCUT2D eigenvalue weighted by Crippen LogP contribution is -1.96. The summed E-state index contributed by atoms with van der Waals surface area (Å²) in [5.74, 6) is -0.220. The second-order valence-electron chi connectivity index (χ2n) is 4.60. The lowest BCUT2D eigenvalue weighted by molar-refractivity contribution is 0.639. The molecule has 0 nitrogen and oxygen atoms in total. The van der Waals surface area contributed by atoms with Gasteiger partial charge in [0, 0.05) is 9.86 Å². The predicted octanol–water partition coefficient (Wildman–Crippen LogP) is 6.07. The van der Waals surface area contributed by atoms with Crippen LogP contribution in [-0.4, -0.2) is 0 Å². The highest BCUT2D eigenvalue weighted by atomic mass is 79.9. The Balaban J connectivity index is 2.17. The van der Waals surface area contributed by atoms with E-state index < -0.39 is 0 Å². The zero-order chi connectivity index (χ0) is 14.1. The summed E-state index contributed by atoms with van der Waals surface area (Å²) in [5.41, 5.74) is 1.90. The van der Waals surface area contributed by atoms with Crippen LogP contribution in [0.5, 0.6) is 0 Å². The highest BCUT2D eigenvalue weighted by Gasteiger charge is 2.15. The van der Waals surface area contributed by atoms with Crippen molar-refractivity contribution >= 4 is 38.3 Å². The summed E-state index contributed by atoms with van der Waals surface area (Å²) >= 11 is 10.0. The number of alkyl halides is 1. The molecule has 0 saturated carbocycles. The van der Waals surface area contributed by atoms with Gasteiger partial charge in [0.25, 0.3) is 0 Å². The zero-order valence-electron chi connectivity index (χ0n) is 10.5. The standard InChI is InChI=1S/C17H11BrClF/c18-12-5-3-4-11(10-12)17(19)15-8-9-16(20)14-7-2-1-6-13(14)15/h1-10,17H. The lowest BCUT2D eigenvalue weighted by atomic mass is 9.98. The molecule has 0 fully saturated rings. The van der Waals surface area contributed by atoms with Gasteiger partial charge in [-0.1, -0.05) is 58.4 Å². The fraction of sp³-hybridized carbons (Fsp3) is 0.0588. The van der Waals surface area contributed by atoms with Gasteiger partial charge in [0.05, 0.1) is 5.38 Å². The van der Waals surface area contributed by atoms with Gasteiger partial charge < -0.3 is 0 Å². The fourth-order valence-corrected chi connectivity index (χ4v) is 3.09. The minimum absolute atomic E-state index is 0.220. The molecule has 0 N–H and O–H groups in total. The van der Waals surface area contributed by atoms with Crippen LogP contribution in [-0.2, 0) is 0 Å². The third kappa shape index (κ3) is 2.46. The van der Waals surface area contributed by atoms with Crippen molar-refractivity contribution in [1.29, 1.82) is 0 Å². The SMILES string of the molecule is Fc1ccc(C(Cl)c2cccc(Br)c2)c2ccccc12. The monoisotopic (exact) mass is 348 g/mol. The Morgan fingerprint density at radius 3 is 2.40 bits per heavy atom. The first-order valence-corrected chi connectivity index (χ1v) is 7.46. The van der Waals surface area contributed by atoms with Gasteiger partial charge in [-0.25, -0.2) is 4.39 Å². The maximum Gasteiger partial charge on any atom is 0.131 e. The molecular formula is C17H11BrClF. The lowest BCUT2D eigenvalue weighted by Gasteiger charge is -2.14. The van der Waals surface area contributed by atoms with E-state index in [-0.39, 0.29) is 11.2 Å². The number of hydrogen-bond acceptors (Lipinski definition) is 0. The van der Waals surface area contributed by atoms with Crippen LogP contribution in [0, 0.1) is 5.82 Å². The fourth-order valence-electron chi connectivity index (χ4n) is 2.35. The summed E-state index contributed by atoms with van der Waals surface area (Å²) < 4.78 is 14.8. The Morgan fingerprint density at radius 2 is 1.65 bits per heavy atom. The minimum atomic E-state index is -0.307. The maximum atomic E-state index is 13.8. The smallest absolute Gasteiger partial charge is 0.131 e. The van der Waals surface area contributed by atoms with Crippen LogP contribution in [0.3, 0.4) is 0 Å². The van der Waals surface area contributed by atoms with Crippen molar-refractivity contribution in [1.82, 2.24) is 0 Å².